The maximum atomic E-state index is 10.9. The lowest BCUT2D eigenvalue weighted by Gasteiger charge is -2.10. The fraction of sp³-hybridized carbons (Fsp3) is 0.111. The molecule has 0 saturated carbocycles. The van der Waals surface area contributed by atoms with Crippen molar-refractivity contribution < 1.29 is 9.53 Å². The van der Waals surface area contributed by atoms with Gasteiger partial charge in [-0.1, -0.05) is 18.2 Å². The van der Waals surface area contributed by atoms with Gasteiger partial charge in [0, 0.05) is 16.6 Å². The zero-order valence-electron chi connectivity index (χ0n) is 12.0. The second kappa shape index (κ2) is 5.37. The molecule has 0 radical (unpaired) electrons. The third kappa shape index (κ3) is 2.63. The van der Waals surface area contributed by atoms with E-state index in [-0.39, 0.29) is 0 Å². The molecule has 1 aromatic heterocycles. The number of carbonyl (C=O) groups is 1. The third-order valence-corrected chi connectivity index (χ3v) is 3.42. The van der Waals surface area contributed by atoms with Crippen molar-refractivity contribution in [3.05, 3.63) is 65.4 Å². The quantitative estimate of drug-likeness (QED) is 0.664. The number of fused-ring (bicyclic) bond motifs is 1. The fourth-order valence-electron chi connectivity index (χ4n) is 2.27. The summed E-state index contributed by atoms with van der Waals surface area (Å²) in [7, 11) is 0. The summed E-state index contributed by atoms with van der Waals surface area (Å²) < 4.78 is 5.95. The minimum absolute atomic E-state index is 0.675. The van der Waals surface area contributed by atoms with Gasteiger partial charge in [0.25, 0.3) is 0 Å². The Morgan fingerprint density at radius 3 is 2.67 bits per heavy atom. The third-order valence-electron chi connectivity index (χ3n) is 3.42. The smallest absolute Gasteiger partial charge is 0.153 e. The van der Waals surface area contributed by atoms with Gasteiger partial charge in [0.15, 0.2) is 5.75 Å². The Morgan fingerprint density at radius 1 is 1.05 bits per heavy atom. The number of aryl methyl sites for hydroxylation is 2. The van der Waals surface area contributed by atoms with Crippen LogP contribution >= 0.6 is 0 Å². The monoisotopic (exact) mass is 277 g/mol. The number of carbonyl (C=O) groups excluding carboxylic acids is 1. The highest BCUT2D eigenvalue weighted by molar-refractivity contribution is 5.85. The maximum Gasteiger partial charge on any atom is 0.153 e. The van der Waals surface area contributed by atoms with Crippen LogP contribution in [0.5, 0.6) is 11.5 Å². The molecule has 0 aliphatic heterocycles. The van der Waals surface area contributed by atoms with Crippen LogP contribution in [0.15, 0.2) is 48.5 Å². The Labute approximate surface area is 123 Å². The standard InChI is InChI=1S/C18H15NO2/c1-12-10-16(9-8-15(12)11-20)21-17-5-3-4-14-7-6-13(2)19-18(14)17/h3-11H,1-2H3. The van der Waals surface area contributed by atoms with Crippen molar-refractivity contribution in [3.63, 3.8) is 0 Å². The van der Waals surface area contributed by atoms with Gasteiger partial charge in [-0.15, -0.1) is 0 Å². The van der Waals surface area contributed by atoms with Crippen molar-refractivity contribution in [2.24, 2.45) is 0 Å². The van der Waals surface area contributed by atoms with Crippen molar-refractivity contribution in [1.82, 2.24) is 4.98 Å². The first-order chi connectivity index (χ1) is 10.2. The minimum Gasteiger partial charge on any atom is -0.455 e. The molecular formula is C18H15NO2. The lowest BCUT2D eigenvalue weighted by atomic mass is 10.1. The summed E-state index contributed by atoms with van der Waals surface area (Å²) in [5.41, 5.74) is 3.36. The predicted molar refractivity (Wildman–Crippen MR) is 83.1 cm³/mol. The first-order valence-electron chi connectivity index (χ1n) is 6.77. The van der Waals surface area contributed by atoms with Gasteiger partial charge in [-0.3, -0.25) is 4.79 Å². The van der Waals surface area contributed by atoms with E-state index in [4.69, 9.17) is 4.74 Å². The predicted octanol–water partition coefficient (Wildman–Crippen LogP) is 4.46. The van der Waals surface area contributed by atoms with E-state index in [2.05, 4.69) is 4.98 Å². The molecule has 0 bridgehead atoms. The molecule has 1 heterocycles. The van der Waals surface area contributed by atoms with Crippen LogP contribution in [0.1, 0.15) is 21.6 Å². The Bertz CT molecular complexity index is 825. The molecule has 0 amide bonds. The topological polar surface area (TPSA) is 39.2 Å². The molecule has 0 aliphatic carbocycles. The zero-order valence-corrected chi connectivity index (χ0v) is 12.0. The highest BCUT2D eigenvalue weighted by Gasteiger charge is 2.06. The highest BCUT2D eigenvalue weighted by atomic mass is 16.5. The molecule has 3 rings (SSSR count). The van der Waals surface area contributed by atoms with Gasteiger partial charge in [-0.2, -0.15) is 0 Å². The van der Waals surface area contributed by atoms with E-state index in [1.165, 1.54) is 0 Å². The van der Waals surface area contributed by atoms with Crippen molar-refractivity contribution in [1.29, 1.82) is 0 Å². The van der Waals surface area contributed by atoms with Crippen LogP contribution in [0.2, 0.25) is 0 Å². The number of ether oxygens (including phenoxy) is 1. The number of hydrogen-bond donors (Lipinski definition) is 0. The van der Waals surface area contributed by atoms with Gasteiger partial charge in [-0.05, 0) is 49.7 Å². The zero-order chi connectivity index (χ0) is 14.8. The SMILES string of the molecule is Cc1ccc2cccc(Oc3ccc(C=O)c(C)c3)c2n1. The summed E-state index contributed by atoms with van der Waals surface area (Å²) in [5.74, 6) is 1.42. The van der Waals surface area contributed by atoms with E-state index in [9.17, 15) is 4.79 Å². The van der Waals surface area contributed by atoms with Crippen molar-refractivity contribution >= 4 is 17.2 Å². The van der Waals surface area contributed by atoms with Gasteiger partial charge in [0.05, 0.1) is 0 Å². The molecule has 0 fully saturated rings. The number of pyridine rings is 1. The van der Waals surface area contributed by atoms with Crippen LogP contribution < -0.4 is 4.74 Å². The van der Waals surface area contributed by atoms with E-state index in [0.717, 1.165) is 34.2 Å². The Kier molecular flexibility index (Phi) is 3.40. The lowest BCUT2D eigenvalue weighted by Crippen LogP contribution is -1.92. The van der Waals surface area contributed by atoms with Gasteiger partial charge >= 0.3 is 0 Å². The second-order valence-corrected chi connectivity index (χ2v) is 5.02. The first kappa shape index (κ1) is 13.3. The normalized spacial score (nSPS) is 10.6. The number of rotatable bonds is 3. The Hall–Kier alpha value is -2.68. The molecule has 0 unspecified atom stereocenters. The average molecular weight is 277 g/mol. The van der Waals surface area contributed by atoms with Crippen molar-refractivity contribution in [2.45, 2.75) is 13.8 Å². The molecule has 0 saturated heterocycles. The van der Waals surface area contributed by atoms with E-state index in [0.29, 0.717) is 11.3 Å². The summed E-state index contributed by atoms with van der Waals surface area (Å²) in [6, 6.07) is 15.3. The molecular weight excluding hydrogens is 262 g/mol. The molecule has 3 aromatic rings. The molecule has 3 heteroatoms. The largest absolute Gasteiger partial charge is 0.455 e. The average Bonchev–Trinajstić information content (AvgIpc) is 2.48. The number of aldehydes is 1. The minimum atomic E-state index is 0.675. The molecule has 0 aliphatic rings. The van der Waals surface area contributed by atoms with Crippen LogP contribution in [0.3, 0.4) is 0 Å². The van der Waals surface area contributed by atoms with Crippen molar-refractivity contribution in [2.75, 3.05) is 0 Å². The number of hydrogen-bond acceptors (Lipinski definition) is 3. The second-order valence-electron chi connectivity index (χ2n) is 5.02. The highest BCUT2D eigenvalue weighted by Crippen LogP contribution is 2.29. The van der Waals surface area contributed by atoms with Crippen molar-refractivity contribution in [3.8, 4) is 11.5 Å². The van der Waals surface area contributed by atoms with Crippen LogP contribution in [0.25, 0.3) is 10.9 Å². The van der Waals surface area contributed by atoms with Crippen LogP contribution in [0, 0.1) is 13.8 Å². The van der Waals surface area contributed by atoms with E-state index in [1.807, 2.05) is 50.2 Å². The fourth-order valence-corrected chi connectivity index (χ4v) is 2.27. The summed E-state index contributed by atoms with van der Waals surface area (Å²) in [6.07, 6.45) is 0.849. The molecule has 3 nitrogen and oxygen atoms in total. The van der Waals surface area contributed by atoms with Gasteiger partial charge in [0.2, 0.25) is 0 Å². The van der Waals surface area contributed by atoms with Crippen LogP contribution in [-0.4, -0.2) is 11.3 Å². The molecule has 104 valence electrons. The summed E-state index contributed by atoms with van der Waals surface area (Å²) in [5, 5.41) is 1.04. The van der Waals surface area contributed by atoms with Gasteiger partial charge in [0.1, 0.15) is 17.6 Å². The molecule has 0 spiro atoms. The van der Waals surface area contributed by atoms with Crippen LogP contribution in [0.4, 0.5) is 0 Å². The molecule has 0 N–H and O–H groups in total. The number of aromatic nitrogens is 1. The number of benzene rings is 2. The summed E-state index contributed by atoms with van der Waals surface area (Å²) >= 11 is 0. The van der Waals surface area contributed by atoms with Gasteiger partial charge < -0.3 is 4.74 Å². The van der Waals surface area contributed by atoms with E-state index >= 15 is 0 Å². The maximum absolute atomic E-state index is 10.9. The number of nitrogens with zero attached hydrogens (tertiary/aromatic N) is 1. The first-order valence-corrected chi connectivity index (χ1v) is 6.77. The van der Waals surface area contributed by atoms with E-state index in [1.54, 1.807) is 12.1 Å². The summed E-state index contributed by atoms with van der Waals surface area (Å²) in [6.45, 7) is 3.85. The van der Waals surface area contributed by atoms with Crippen LogP contribution in [-0.2, 0) is 0 Å². The summed E-state index contributed by atoms with van der Waals surface area (Å²) in [4.78, 5) is 15.4. The molecule has 21 heavy (non-hydrogen) atoms. The number of para-hydroxylation sites is 1. The van der Waals surface area contributed by atoms with Gasteiger partial charge in [-0.25, -0.2) is 4.98 Å². The Balaban J connectivity index is 2.03. The lowest BCUT2D eigenvalue weighted by molar-refractivity contribution is 0.112. The molecule has 0 atom stereocenters. The Morgan fingerprint density at radius 2 is 1.90 bits per heavy atom. The molecule has 2 aromatic carbocycles. The van der Waals surface area contributed by atoms with E-state index < -0.39 is 0 Å².